The van der Waals surface area contributed by atoms with Crippen LogP contribution in [0.25, 0.3) is 0 Å². The van der Waals surface area contributed by atoms with Crippen LogP contribution in [0.4, 0.5) is 0 Å². The van der Waals surface area contributed by atoms with E-state index in [0.29, 0.717) is 15.2 Å². The van der Waals surface area contributed by atoms with E-state index in [9.17, 15) is 8.42 Å². The summed E-state index contributed by atoms with van der Waals surface area (Å²) >= 11 is 4.60. The van der Waals surface area contributed by atoms with Crippen LogP contribution in [0, 0.1) is 23.2 Å². The third kappa shape index (κ3) is 2.62. The molecule has 4 aliphatic carbocycles. The molecule has 0 amide bonds. The van der Waals surface area contributed by atoms with Crippen molar-refractivity contribution in [3.8, 4) is 0 Å². The van der Waals surface area contributed by atoms with Gasteiger partial charge >= 0.3 is 0 Å². The van der Waals surface area contributed by atoms with E-state index in [1.165, 1.54) is 49.9 Å². The van der Waals surface area contributed by atoms with Crippen molar-refractivity contribution >= 4 is 37.3 Å². The number of thiophene rings is 1. The highest BCUT2D eigenvalue weighted by molar-refractivity contribution is 9.10. The molecule has 1 heterocycles. The van der Waals surface area contributed by atoms with Gasteiger partial charge in [-0.15, -0.1) is 11.3 Å². The summed E-state index contributed by atoms with van der Waals surface area (Å²) in [4.78, 5) is 0. The van der Waals surface area contributed by atoms with Crippen LogP contribution < -0.4 is 4.72 Å². The summed E-state index contributed by atoms with van der Waals surface area (Å²) < 4.78 is 28.9. The molecular weight excluding hydrogens is 370 g/mol. The minimum absolute atomic E-state index is 0.242. The van der Waals surface area contributed by atoms with Gasteiger partial charge in [0.25, 0.3) is 10.0 Å². The van der Waals surface area contributed by atoms with Crippen molar-refractivity contribution in [3.05, 3.63) is 15.9 Å². The van der Waals surface area contributed by atoms with Crippen molar-refractivity contribution in [2.45, 2.75) is 42.7 Å². The first-order chi connectivity index (χ1) is 9.96. The molecule has 0 saturated heterocycles. The molecule has 3 nitrogen and oxygen atoms in total. The van der Waals surface area contributed by atoms with Gasteiger partial charge in [-0.2, -0.15) is 0 Å². The summed E-state index contributed by atoms with van der Waals surface area (Å²) in [6, 6.07) is 1.80. The standard InChI is InChI=1S/C15H20BrNO2S2/c16-13-1-2-20-14(13)21(18,19)17-9-15-6-10-3-11(7-15)5-12(4-10)8-15/h1-2,10-12,17H,3-9H2. The molecule has 1 aromatic heterocycles. The average molecular weight is 390 g/mol. The first kappa shape index (κ1) is 14.7. The fourth-order valence-electron chi connectivity index (χ4n) is 5.29. The monoisotopic (exact) mass is 389 g/mol. The number of sulfonamides is 1. The second kappa shape index (κ2) is 5.05. The van der Waals surface area contributed by atoms with Crippen LogP contribution in [-0.4, -0.2) is 15.0 Å². The number of hydrogen-bond donors (Lipinski definition) is 1. The van der Waals surface area contributed by atoms with Gasteiger partial charge in [0.05, 0.1) is 0 Å². The van der Waals surface area contributed by atoms with Crippen molar-refractivity contribution < 1.29 is 8.42 Å². The smallest absolute Gasteiger partial charge is 0.210 e. The van der Waals surface area contributed by atoms with Gasteiger partial charge in [-0.05, 0) is 89.1 Å². The molecule has 4 fully saturated rings. The van der Waals surface area contributed by atoms with Gasteiger partial charge in [-0.25, -0.2) is 13.1 Å². The maximum Gasteiger partial charge on any atom is 0.251 e. The summed E-state index contributed by atoms with van der Waals surface area (Å²) in [5.41, 5.74) is 0.242. The van der Waals surface area contributed by atoms with Crippen molar-refractivity contribution in [2.24, 2.45) is 23.2 Å². The SMILES string of the molecule is O=S(=O)(NCC12CC3CC(CC(C3)C1)C2)c1sccc1Br. The lowest BCUT2D eigenvalue weighted by Crippen LogP contribution is -2.51. The van der Waals surface area contributed by atoms with E-state index in [1.54, 1.807) is 6.07 Å². The van der Waals surface area contributed by atoms with Crippen LogP contribution in [0.15, 0.2) is 20.1 Å². The molecule has 4 aliphatic rings. The summed E-state index contributed by atoms with van der Waals surface area (Å²) in [5, 5.41) is 1.81. The van der Waals surface area contributed by atoms with Crippen LogP contribution in [0.3, 0.4) is 0 Å². The lowest BCUT2D eigenvalue weighted by atomic mass is 9.50. The molecule has 4 saturated carbocycles. The number of rotatable bonds is 4. The van der Waals surface area contributed by atoms with Gasteiger partial charge in [-0.1, -0.05) is 0 Å². The van der Waals surface area contributed by atoms with Crippen molar-refractivity contribution in [1.82, 2.24) is 4.72 Å². The average Bonchev–Trinajstić information content (AvgIpc) is 2.82. The van der Waals surface area contributed by atoms with Crippen molar-refractivity contribution in [2.75, 3.05) is 6.54 Å². The first-order valence-electron chi connectivity index (χ1n) is 7.68. The minimum Gasteiger partial charge on any atom is -0.210 e. The molecule has 0 spiro atoms. The normalized spacial score (nSPS) is 38.0. The molecule has 5 rings (SSSR count). The molecule has 4 bridgehead atoms. The number of hydrogen-bond acceptors (Lipinski definition) is 3. The van der Waals surface area contributed by atoms with E-state index in [0.717, 1.165) is 17.8 Å². The predicted molar refractivity (Wildman–Crippen MR) is 87.8 cm³/mol. The fourth-order valence-corrected chi connectivity index (χ4v) is 8.83. The maximum atomic E-state index is 12.5. The number of halogens is 1. The van der Waals surface area contributed by atoms with Gasteiger partial charge in [0.2, 0.25) is 0 Å². The molecule has 0 aliphatic heterocycles. The summed E-state index contributed by atoms with van der Waals surface area (Å²) in [6.07, 6.45) is 7.86. The van der Waals surface area contributed by atoms with Gasteiger partial charge < -0.3 is 0 Å². The molecule has 1 N–H and O–H groups in total. The lowest BCUT2D eigenvalue weighted by Gasteiger charge is -2.56. The number of nitrogens with one attached hydrogen (secondary N) is 1. The van der Waals surface area contributed by atoms with Crippen LogP contribution in [0.1, 0.15) is 38.5 Å². The Bertz CT molecular complexity index is 617. The quantitative estimate of drug-likeness (QED) is 0.845. The molecule has 116 valence electrons. The Labute approximate surface area is 138 Å². The Morgan fingerprint density at radius 1 is 1.19 bits per heavy atom. The van der Waals surface area contributed by atoms with E-state index in [1.807, 2.05) is 5.38 Å². The van der Waals surface area contributed by atoms with Gasteiger partial charge in [0.1, 0.15) is 4.21 Å². The first-order valence-corrected chi connectivity index (χ1v) is 10.8. The molecule has 0 atom stereocenters. The molecule has 21 heavy (non-hydrogen) atoms. The van der Waals surface area contributed by atoms with E-state index >= 15 is 0 Å². The fraction of sp³-hybridized carbons (Fsp3) is 0.733. The Hall–Kier alpha value is 0.0900. The highest BCUT2D eigenvalue weighted by Crippen LogP contribution is 2.59. The molecule has 1 aromatic rings. The van der Waals surface area contributed by atoms with E-state index < -0.39 is 10.0 Å². The zero-order chi connectivity index (χ0) is 14.7. The summed E-state index contributed by atoms with van der Waals surface area (Å²) in [7, 11) is -3.37. The van der Waals surface area contributed by atoms with Crippen molar-refractivity contribution in [3.63, 3.8) is 0 Å². The molecule has 0 radical (unpaired) electrons. The Kier molecular flexibility index (Phi) is 3.52. The Morgan fingerprint density at radius 3 is 2.24 bits per heavy atom. The van der Waals surface area contributed by atoms with Gasteiger partial charge in [0.15, 0.2) is 0 Å². The second-order valence-corrected chi connectivity index (χ2v) is 11.0. The minimum atomic E-state index is -3.37. The van der Waals surface area contributed by atoms with E-state index in [-0.39, 0.29) is 5.41 Å². The molecular formula is C15H20BrNO2S2. The van der Waals surface area contributed by atoms with Crippen LogP contribution in [0.2, 0.25) is 0 Å². The highest BCUT2D eigenvalue weighted by atomic mass is 79.9. The van der Waals surface area contributed by atoms with Crippen molar-refractivity contribution in [1.29, 1.82) is 0 Å². The molecule has 0 aromatic carbocycles. The van der Waals surface area contributed by atoms with Gasteiger partial charge in [-0.3, -0.25) is 0 Å². The topological polar surface area (TPSA) is 46.2 Å². The zero-order valence-corrected chi connectivity index (χ0v) is 15.1. The third-order valence-electron chi connectivity index (χ3n) is 5.63. The maximum absolute atomic E-state index is 12.5. The van der Waals surface area contributed by atoms with Crippen LogP contribution in [0.5, 0.6) is 0 Å². The van der Waals surface area contributed by atoms with Crippen LogP contribution >= 0.6 is 27.3 Å². The van der Waals surface area contributed by atoms with Crippen LogP contribution in [-0.2, 0) is 10.0 Å². The van der Waals surface area contributed by atoms with E-state index in [2.05, 4.69) is 20.7 Å². The second-order valence-electron chi connectivity index (χ2n) is 7.30. The highest BCUT2D eigenvalue weighted by Gasteiger charge is 2.51. The third-order valence-corrected chi connectivity index (χ3v) is 9.70. The summed E-state index contributed by atoms with van der Waals surface area (Å²) in [5.74, 6) is 2.57. The molecule has 6 heteroatoms. The Balaban J connectivity index is 1.51. The zero-order valence-electron chi connectivity index (χ0n) is 11.8. The lowest BCUT2D eigenvalue weighted by molar-refractivity contribution is -0.0487. The predicted octanol–water partition coefficient (Wildman–Crippen LogP) is 4.01. The van der Waals surface area contributed by atoms with Gasteiger partial charge in [0, 0.05) is 11.0 Å². The van der Waals surface area contributed by atoms with E-state index in [4.69, 9.17) is 0 Å². The Morgan fingerprint density at radius 2 is 1.76 bits per heavy atom. The largest absolute Gasteiger partial charge is 0.251 e. The molecule has 0 unspecified atom stereocenters. The summed E-state index contributed by atoms with van der Waals surface area (Å²) in [6.45, 7) is 0.628.